The Kier molecular flexibility index (Phi) is 5.02. The lowest BCUT2D eigenvalue weighted by Crippen LogP contribution is -2.42. The number of hydrogen-bond donors (Lipinski definition) is 1. The van der Waals surface area contributed by atoms with Crippen LogP contribution in [0.15, 0.2) is 30.0 Å². The molecule has 0 spiro atoms. The molecule has 3 heterocycles. The van der Waals surface area contributed by atoms with Crippen molar-refractivity contribution in [1.29, 1.82) is 0 Å². The molecule has 1 aliphatic heterocycles. The number of thiophene rings is 1. The predicted octanol–water partition coefficient (Wildman–Crippen LogP) is 1.01. The largest absolute Gasteiger partial charge is 0.334 e. The molecule has 3 rings (SSSR count). The van der Waals surface area contributed by atoms with Crippen LogP contribution in [0.25, 0.3) is 0 Å². The number of imidazole rings is 1. The Labute approximate surface area is 145 Å². The van der Waals surface area contributed by atoms with E-state index in [1.54, 1.807) is 23.9 Å². The summed E-state index contributed by atoms with van der Waals surface area (Å²) in [5.74, 6) is 0.0889. The standard InChI is InChI=1S/C15H20N4O3S2/c1-24(21,22)17-5-4-12-9-18(10-13-8-16-11-19(12)13)15(20)7-14-3-2-6-23-14/h2-3,6,8,11-12,17H,4-5,7,9-10H2,1H3/t12-/m1/s1. The SMILES string of the molecule is CS(=O)(=O)NCC[C@@H]1CN(C(=O)Cc2cccs2)Cc2cncn21. The average molecular weight is 368 g/mol. The monoisotopic (exact) mass is 368 g/mol. The molecule has 24 heavy (non-hydrogen) atoms. The molecule has 0 aromatic carbocycles. The Balaban J connectivity index is 1.67. The number of nitrogens with one attached hydrogen (secondary N) is 1. The molecule has 2 aromatic rings. The van der Waals surface area contributed by atoms with E-state index < -0.39 is 10.0 Å². The molecule has 1 amide bonds. The van der Waals surface area contributed by atoms with Crippen LogP contribution in [0.3, 0.4) is 0 Å². The summed E-state index contributed by atoms with van der Waals surface area (Å²) in [6.45, 7) is 1.45. The van der Waals surface area contributed by atoms with Crippen LogP contribution in [0, 0.1) is 0 Å². The van der Waals surface area contributed by atoms with Crippen molar-refractivity contribution in [2.45, 2.75) is 25.4 Å². The molecule has 130 valence electrons. The summed E-state index contributed by atoms with van der Waals surface area (Å²) in [6.07, 6.45) is 5.68. The van der Waals surface area contributed by atoms with Gasteiger partial charge in [0.15, 0.2) is 0 Å². The Hall–Kier alpha value is -1.71. The lowest BCUT2D eigenvalue weighted by molar-refractivity contribution is -0.132. The zero-order chi connectivity index (χ0) is 17.2. The van der Waals surface area contributed by atoms with Crippen molar-refractivity contribution in [3.63, 3.8) is 0 Å². The van der Waals surface area contributed by atoms with Gasteiger partial charge in [-0.1, -0.05) is 6.07 Å². The fraction of sp³-hybridized carbons (Fsp3) is 0.467. The summed E-state index contributed by atoms with van der Waals surface area (Å²) < 4.78 is 27.0. The van der Waals surface area contributed by atoms with Crippen LogP contribution in [0.2, 0.25) is 0 Å². The Morgan fingerprint density at radius 1 is 1.50 bits per heavy atom. The smallest absolute Gasteiger partial charge is 0.228 e. The molecule has 0 unspecified atom stereocenters. The normalized spacial score (nSPS) is 17.7. The lowest BCUT2D eigenvalue weighted by Gasteiger charge is -2.34. The number of carbonyl (C=O) groups excluding carboxylic acids is 1. The maximum Gasteiger partial charge on any atom is 0.228 e. The van der Waals surface area contributed by atoms with Gasteiger partial charge in [0.1, 0.15) is 0 Å². The minimum Gasteiger partial charge on any atom is -0.334 e. The molecule has 1 aliphatic rings. The van der Waals surface area contributed by atoms with Gasteiger partial charge in [-0.3, -0.25) is 4.79 Å². The van der Waals surface area contributed by atoms with Gasteiger partial charge in [0.05, 0.1) is 37.3 Å². The first-order chi connectivity index (χ1) is 11.4. The first kappa shape index (κ1) is 17.1. The van der Waals surface area contributed by atoms with Crippen LogP contribution >= 0.6 is 11.3 Å². The lowest BCUT2D eigenvalue weighted by atomic mass is 10.1. The molecule has 0 bridgehead atoms. The van der Waals surface area contributed by atoms with Crippen molar-refractivity contribution in [1.82, 2.24) is 19.2 Å². The second-order valence-electron chi connectivity index (χ2n) is 5.93. The Bertz CT molecular complexity index is 799. The van der Waals surface area contributed by atoms with Gasteiger partial charge in [-0.2, -0.15) is 0 Å². The molecule has 9 heteroatoms. The van der Waals surface area contributed by atoms with E-state index in [1.165, 1.54) is 0 Å². The van der Waals surface area contributed by atoms with Crippen LogP contribution < -0.4 is 4.72 Å². The average Bonchev–Trinajstić information content (AvgIpc) is 3.16. The van der Waals surface area contributed by atoms with E-state index in [2.05, 4.69) is 9.71 Å². The highest BCUT2D eigenvalue weighted by molar-refractivity contribution is 7.88. The van der Waals surface area contributed by atoms with Crippen LogP contribution in [-0.4, -0.2) is 48.1 Å². The molecule has 7 nitrogen and oxygen atoms in total. The first-order valence-electron chi connectivity index (χ1n) is 7.68. The fourth-order valence-electron chi connectivity index (χ4n) is 2.89. The van der Waals surface area contributed by atoms with Crippen molar-refractivity contribution >= 4 is 27.3 Å². The molecule has 0 fully saturated rings. The third kappa shape index (κ3) is 4.22. The second kappa shape index (κ2) is 7.04. The summed E-state index contributed by atoms with van der Waals surface area (Å²) in [4.78, 5) is 19.6. The van der Waals surface area contributed by atoms with Crippen LogP contribution in [0.1, 0.15) is 23.0 Å². The Morgan fingerprint density at radius 2 is 2.33 bits per heavy atom. The molecular weight excluding hydrogens is 348 g/mol. The van der Waals surface area contributed by atoms with Crippen molar-refractivity contribution in [3.05, 3.63) is 40.6 Å². The van der Waals surface area contributed by atoms with Gasteiger partial charge in [0.2, 0.25) is 15.9 Å². The van der Waals surface area contributed by atoms with Gasteiger partial charge in [-0.05, 0) is 17.9 Å². The third-order valence-electron chi connectivity index (χ3n) is 4.02. The van der Waals surface area contributed by atoms with E-state index in [4.69, 9.17) is 0 Å². The maximum atomic E-state index is 12.6. The van der Waals surface area contributed by atoms with Gasteiger partial charge in [-0.15, -0.1) is 11.3 Å². The second-order valence-corrected chi connectivity index (χ2v) is 8.80. The summed E-state index contributed by atoms with van der Waals surface area (Å²) in [6, 6.07) is 3.93. The number of aromatic nitrogens is 2. The maximum absolute atomic E-state index is 12.6. The highest BCUT2D eigenvalue weighted by atomic mass is 32.2. The number of carbonyl (C=O) groups is 1. The zero-order valence-corrected chi connectivity index (χ0v) is 15.0. The molecule has 1 atom stereocenters. The van der Waals surface area contributed by atoms with Crippen LogP contribution in [0.4, 0.5) is 0 Å². The highest BCUT2D eigenvalue weighted by Gasteiger charge is 2.27. The third-order valence-corrected chi connectivity index (χ3v) is 5.63. The molecule has 0 aliphatic carbocycles. The first-order valence-corrected chi connectivity index (χ1v) is 10.4. The van der Waals surface area contributed by atoms with Crippen LogP contribution in [-0.2, 0) is 27.8 Å². The van der Waals surface area contributed by atoms with Crippen molar-refractivity contribution in [2.75, 3.05) is 19.3 Å². The van der Waals surface area contributed by atoms with Gasteiger partial charge >= 0.3 is 0 Å². The number of amides is 1. The van der Waals surface area contributed by atoms with Gasteiger partial charge in [-0.25, -0.2) is 18.1 Å². The molecule has 0 saturated carbocycles. The fourth-order valence-corrected chi connectivity index (χ4v) is 4.08. The molecule has 2 aromatic heterocycles. The summed E-state index contributed by atoms with van der Waals surface area (Å²) >= 11 is 1.58. The van der Waals surface area contributed by atoms with E-state index in [9.17, 15) is 13.2 Å². The van der Waals surface area contributed by atoms with Crippen molar-refractivity contribution in [3.8, 4) is 0 Å². The van der Waals surface area contributed by atoms with Gasteiger partial charge in [0, 0.05) is 24.2 Å². The minimum absolute atomic E-state index is 0.0257. The van der Waals surface area contributed by atoms with Gasteiger partial charge < -0.3 is 9.47 Å². The van der Waals surface area contributed by atoms with Crippen molar-refractivity contribution in [2.24, 2.45) is 0 Å². The van der Waals surface area contributed by atoms with E-state index in [0.29, 0.717) is 32.5 Å². The molecule has 0 radical (unpaired) electrons. The van der Waals surface area contributed by atoms with E-state index >= 15 is 0 Å². The molecule has 0 saturated heterocycles. The minimum atomic E-state index is -3.21. The van der Waals surface area contributed by atoms with Gasteiger partial charge in [0.25, 0.3) is 0 Å². The summed E-state index contributed by atoms with van der Waals surface area (Å²) in [5.41, 5.74) is 0.977. The summed E-state index contributed by atoms with van der Waals surface area (Å²) in [7, 11) is -3.21. The number of hydrogen-bond acceptors (Lipinski definition) is 5. The van der Waals surface area contributed by atoms with E-state index in [0.717, 1.165) is 16.8 Å². The topological polar surface area (TPSA) is 84.3 Å². The summed E-state index contributed by atoms with van der Waals surface area (Å²) in [5, 5.41) is 1.97. The number of rotatable bonds is 6. The predicted molar refractivity (Wildman–Crippen MR) is 92.2 cm³/mol. The van der Waals surface area contributed by atoms with Crippen molar-refractivity contribution < 1.29 is 13.2 Å². The molecular formula is C15H20N4O3S2. The highest BCUT2D eigenvalue weighted by Crippen LogP contribution is 2.24. The van der Waals surface area contributed by atoms with E-state index in [1.807, 2.05) is 27.0 Å². The Morgan fingerprint density at radius 3 is 3.04 bits per heavy atom. The quantitative estimate of drug-likeness (QED) is 0.825. The zero-order valence-electron chi connectivity index (χ0n) is 13.4. The van der Waals surface area contributed by atoms with E-state index in [-0.39, 0.29) is 11.9 Å². The van der Waals surface area contributed by atoms with Crippen LogP contribution in [0.5, 0.6) is 0 Å². The number of nitrogens with zero attached hydrogens (tertiary/aromatic N) is 3. The number of sulfonamides is 1. The molecule has 1 N–H and O–H groups in total. The number of fused-ring (bicyclic) bond motifs is 1.